The Kier molecular flexibility index (Phi) is 5.42. The number of hydrogen-bond donors (Lipinski definition) is 2. The zero-order chi connectivity index (χ0) is 23.8. The Morgan fingerprint density at radius 3 is 2.33 bits per heavy atom. The van der Waals surface area contributed by atoms with Gasteiger partial charge in [0.15, 0.2) is 5.69 Å². The van der Waals surface area contributed by atoms with Crippen molar-refractivity contribution in [1.82, 2.24) is 24.8 Å². The van der Waals surface area contributed by atoms with E-state index in [4.69, 9.17) is 5.11 Å². The molecule has 0 spiro atoms. The maximum absolute atomic E-state index is 13.4. The van der Waals surface area contributed by atoms with Crippen LogP contribution in [-0.4, -0.2) is 41.8 Å². The topological polar surface area (TPSA) is 115 Å². The summed E-state index contributed by atoms with van der Waals surface area (Å²) in [7, 11) is 0. The molecule has 0 saturated heterocycles. The number of carboxylic acids is 1. The molecule has 0 fully saturated rings. The molecule has 0 atom stereocenters. The van der Waals surface area contributed by atoms with E-state index in [1.807, 2.05) is 0 Å². The Morgan fingerprint density at radius 2 is 1.70 bits per heavy atom. The number of aromatic nitrogens is 5. The lowest BCUT2D eigenvalue weighted by Gasteiger charge is -2.12. The van der Waals surface area contributed by atoms with Gasteiger partial charge < -0.3 is 10.4 Å². The molecule has 0 saturated carbocycles. The van der Waals surface area contributed by atoms with E-state index in [0.717, 1.165) is 0 Å². The molecule has 2 aromatic carbocycles. The third-order valence-electron chi connectivity index (χ3n) is 4.63. The van der Waals surface area contributed by atoms with E-state index in [0.29, 0.717) is 33.5 Å². The van der Waals surface area contributed by atoms with Crippen LogP contribution >= 0.6 is 0 Å². The zero-order valence-corrected chi connectivity index (χ0v) is 16.9. The lowest BCUT2D eigenvalue weighted by atomic mass is 10.1. The molecule has 2 heterocycles. The van der Waals surface area contributed by atoms with Crippen LogP contribution in [-0.2, 0) is 11.0 Å². The third-order valence-corrected chi connectivity index (χ3v) is 4.63. The molecule has 4 rings (SSSR count). The lowest BCUT2D eigenvalue weighted by molar-refractivity contribution is -0.143. The van der Waals surface area contributed by atoms with E-state index in [2.05, 4.69) is 20.7 Å². The molecule has 4 aromatic rings. The SMILES string of the molecule is CC(=O)Nc1ccccc1-c1cn(-c2ccc(-n3ncc(C(=O)O)c3C(F)(F)F)cc2)nn1. The van der Waals surface area contributed by atoms with Crippen LogP contribution in [0.4, 0.5) is 18.9 Å². The molecule has 0 radical (unpaired) electrons. The molecule has 1 amide bonds. The van der Waals surface area contributed by atoms with Gasteiger partial charge in [-0.25, -0.2) is 14.2 Å². The monoisotopic (exact) mass is 456 g/mol. The van der Waals surface area contributed by atoms with Crippen molar-refractivity contribution in [2.45, 2.75) is 13.1 Å². The van der Waals surface area contributed by atoms with Gasteiger partial charge in [0.2, 0.25) is 5.91 Å². The van der Waals surface area contributed by atoms with Crippen molar-refractivity contribution in [3.05, 3.63) is 72.2 Å². The third kappa shape index (κ3) is 4.31. The number of para-hydroxylation sites is 1. The quantitative estimate of drug-likeness (QED) is 0.472. The molecule has 0 unspecified atom stereocenters. The zero-order valence-electron chi connectivity index (χ0n) is 16.9. The Bertz CT molecular complexity index is 1340. The van der Waals surface area contributed by atoms with Crippen molar-refractivity contribution < 1.29 is 27.9 Å². The van der Waals surface area contributed by atoms with E-state index in [1.165, 1.54) is 35.9 Å². The number of alkyl halides is 3. The Morgan fingerprint density at radius 1 is 1.03 bits per heavy atom. The van der Waals surface area contributed by atoms with Crippen molar-refractivity contribution in [2.75, 3.05) is 5.32 Å². The summed E-state index contributed by atoms with van der Waals surface area (Å²) in [5.41, 5.74) is -0.126. The van der Waals surface area contributed by atoms with Gasteiger partial charge in [-0.05, 0) is 30.3 Å². The summed E-state index contributed by atoms with van der Waals surface area (Å²) in [5, 5.41) is 23.5. The predicted molar refractivity (Wildman–Crippen MR) is 110 cm³/mol. The molecule has 0 aliphatic heterocycles. The van der Waals surface area contributed by atoms with Gasteiger partial charge in [0.25, 0.3) is 0 Å². The van der Waals surface area contributed by atoms with Gasteiger partial charge >= 0.3 is 12.1 Å². The number of hydrogen-bond acceptors (Lipinski definition) is 5. The number of nitrogens with one attached hydrogen (secondary N) is 1. The van der Waals surface area contributed by atoms with E-state index in [9.17, 15) is 22.8 Å². The first-order valence-electron chi connectivity index (χ1n) is 9.44. The van der Waals surface area contributed by atoms with Crippen LogP contribution in [0.1, 0.15) is 23.0 Å². The van der Waals surface area contributed by atoms with Gasteiger partial charge in [-0.15, -0.1) is 5.10 Å². The highest BCUT2D eigenvalue weighted by molar-refractivity contribution is 5.93. The highest BCUT2D eigenvalue weighted by Crippen LogP contribution is 2.34. The standard InChI is InChI=1S/C21H15F3N6O3/c1-12(31)26-17-5-3-2-4-15(17)18-11-29(28-27-18)13-6-8-14(9-7-13)30-19(21(22,23)24)16(10-25-30)20(32)33/h2-11H,1H3,(H,26,31)(H,32,33). The summed E-state index contributed by atoms with van der Waals surface area (Å²) in [6, 6.07) is 12.7. The summed E-state index contributed by atoms with van der Waals surface area (Å²) in [6.07, 6.45) is -2.65. The molecule has 33 heavy (non-hydrogen) atoms. The minimum atomic E-state index is -4.91. The fourth-order valence-corrected chi connectivity index (χ4v) is 3.24. The highest BCUT2D eigenvalue weighted by Gasteiger charge is 2.40. The number of anilines is 1. The van der Waals surface area contributed by atoms with Gasteiger partial charge in [-0.1, -0.05) is 23.4 Å². The smallest absolute Gasteiger partial charge is 0.434 e. The Hall–Kier alpha value is -4.48. The van der Waals surface area contributed by atoms with Crippen molar-refractivity contribution in [2.24, 2.45) is 0 Å². The fourth-order valence-electron chi connectivity index (χ4n) is 3.24. The molecule has 0 aliphatic carbocycles. The van der Waals surface area contributed by atoms with Gasteiger partial charge in [0.05, 0.1) is 29.5 Å². The van der Waals surface area contributed by atoms with Crippen LogP contribution in [0.25, 0.3) is 22.6 Å². The average molecular weight is 456 g/mol. The first-order valence-corrected chi connectivity index (χ1v) is 9.44. The molecule has 12 heteroatoms. The second-order valence-corrected chi connectivity index (χ2v) is 6.91. The average Bonchev–Trinajstić information content (AvgIpc) is 3.41. The summed E-state index contributed by atoms with van der Waals surface area (Å²) in [4.78, 5) is 22.6. The maximum Gasteiger partial charge on any atom is 0.434 e. The Balaban J connectivity index is 1.66. The van der Waals surface area contributed by atoms with E-state index < -0.39 is 23.4 Å². The summed E-state index contributed by atoms with van der Waals surface area (Å²) < 4.78 is 42.3. The van der Waals surface area contributed by atoms with E-state index in [1.54, 1.807) is 30.5 Å². The Labute approximate surface area is 184 Å². The van der Waals surface area contributed by atoms with Gasteiger partial charge in [0, 0.05) is 12.5 Å². The number of aromatic carboxylic acids is 1. The van der Waals surface area contributed by atoms with Gasteiger partial charge in [-0.3, -0.25) is 4.79 Å². The molecule has 2 N–H and O–H groups in total. The number of benzene rings is 2. The number of carboxylic acid groups (broad SMARTS) is 1. The van der Waals surface area contributed by atoms with E-state index >= 15 is 0 Å². The van der Waals surface area contributed by atoms with Crippen LogP contribution in [0, 0.1) is 0 Å². The molecule has 0 aliphatic rings. The van der Waals surface area contributed by atoms with Crippen molar-refractivity contribution in [1.29, 1.82) is 0 Å². The number of carbonyl (C=O) groups excluding carboxylic acids is 1. The first kappa shape index (κ1) is 21.7. The number of carbonyl (C=O) groups is 2. The predicted octanol–water partition coefficient (Wildman–Crippen LogP) is 3.80. The minimum Gasteiger partial charge on any atom is -0.478 e. The van der Waals surface area contributed by atoms with Crippen LogP contribution in [0.3, 0.4) is 0 Å². The molecule has 2 aromatic heterocycles. The number of rotatable bonds is 5. The second kappa shape index (κ2) is 8.22. The molecular weight excluding hydrogens is 441 g/mol. The second-order valence-electron chi connectivity index (χ2n) is 6.91. The van der Waals surface area contributed by atoms with Gasteiger partial charge in [0.1, 0.15) is 11.3 Å². The molecule has 168 valence electrons. The first-order chi connectivity index (χ1) is 15.6. The lowest BCUT2D eigenvalue weighted by Crippen LogP contribution is -2.17. The highest BCUT2D eigenvalue weighted by atomic mass is 19.4. The van der Waals surface area contributed by atoms with Gasteiger partial charge in [-0.2, -0.15) is 18.3 Å². The van der Waals surface area contributed by atoms with Crippen molar-refractivity contribution >= 4 is 17.6 Å². The molecule has 0 bridgehead atoms. The van der Waals surface area contributed by atoms with Crippen molar-refractivity contribution in [3.8, 4) is 22.6 Å². The normalized spacial score (nSPS) is 11.4. The molecule has 9 nitrogen and oxygen atoms in total. The number of nitrogens with zero attached hydrogens (tertiary/aromatic N) is 5. The number of halogens is 3. The number of amides is 1. The maximum atomic E-state index is 13.4. The van der Waals surface area contributed by atoms with Crippen LogP contribution in [0.2, 0.25) is 0 Å². The van der Waals surface area contributed by atoms with E-state index in [-0.39, 0.29) is 11.6 Å². The van der Waals surface area contributed by atoms with Crippen LogP contribution < -0.4 is 5.32 Å². The summed E-state index contributed by atoms with van der Waals surface area (Å²) in [5.74, 6) is -1.96. The summed E-state index contributed by atoms with van der Waals surface area (Å²) >= 11 is 0. The summed E-state index contributed by atoms with van der Waals surface area (Å²) in [6.45, 7) is 1.39. The largest absolute Gasteiger partial charge is 0.478 e. The van der Waals surface area contributed by atoms with Crippen LogP contribution in [0.5, 0.6) is 0 Å². The minimum absolute atomic E-state index is 0.0231. The van der Waals surface area contributed by atoms with Crippen molar-refractivity contribution in [3.63, 3.8) is 0 Å². The fraction of sp³-hybridized carbons (Fsp3) is 0.0952. The van der Waals surface area contributed by atoms with Crippen LogP contribution in [0.15, 0.2) is 60.9 Å². The molecular formula is C21H15F3N6O3.